The van der Waals surface area contributed by atoms with Crippen LogP contribution in [-0.4, -0.2) is 43.7 Å². The van der Waals surface area contributed by atoms with Crippen LogP contribution in [0.5, 0.6) is 0 Å². The Balaban J connectivity index is 2.51. The number of carbonyl (C=O) groups excluding carboxylic acids is 1. The minimum absolute atomic E-state index is 0.0234. The first kappa shape index (κ1) is 12.5. The minimum Gasteiger partial charge on any atom is -0.383 e. The summed E-state index contributed by atoms with van der Waals surface area (Å²) in [6.07, 6.45) is 1.20. The molecular formula is C11H22N2O2. The summed E-state index contributed by atoms with van der Waals surface area (Å²) >= 11 is 0. The third-order valence-electron chi connectivity index (χ3n) is 2.84. The quantitative estimate of drug-likeness (QED) is 0.743. The molecule has 0 spiro atoms. The summed E-state index contributed by atoms with van der Waals surface area (Å²) in [5.41, 5.74) is 5.73. The molecule has 1 aliphatic heterocycles. The van der Waals surface area contributed by atoms with Gasteiger partial charge in [-0.1, -0.05) is 13.8 Å². The van der Waals surface area contributed by atoms with Crippen molar-refractivity contribution in [2.45, 2.75) is 26.3 Å². The number of ether oxygens (including phenoxy) is 1. The number of hydrogen-bond acceptors (Lipinski definition) is 3. The lowest BCUT2D eigenvalue weighted by molar-refractivity contribution is -0.136. The van der Waals surface area contributed by atoms with Gasteiger partial charge in [0.25, 0.3) is 0 Å². The van der Waals surface area contributed by atoms with Crippen LogP contribution in [0.4, 0.5) is 0 Å². The second-order valence-electron chi connectivity index (χ2n) is 4.75. The van der Waals surface area contributed by atoms with Gasteiger partial charge in [0.15, 0.2) is 0 Å². The molecule has 0 aromatic carbocycles. The Morgan fingerprint density at radius 1 is 1.47 bits per heavy atom. The summed E-state index contributed by atoms with van der Waals surface area (Å²) in [5, 5.41) is 0. The number of hydrogen-bond donors (Lipinski definition) is 1. The Kier molecular flexibility index (Phi) is 4.54. The van der Waals surface area contributed by atoms with E-state index in [9.17, 15) is 4.79 Å². The first-order valence-corrected chi connectivity index (χ1v) is 5.58. The molecule has 3 unspecified atom stereocenters. The van der Waals surface area contributed by atoms with Crippen molar-refractivity contribution >= 4 is 5.91 Å². The molecule has 1 rings (SSSR count). The lowest BCUT2D eigenvalue weighted by atomic mass is 9.91. The number of carbonyl (C=O) groups is 1. The monoisotopic (exact) mass is 214 g/mol. The van der Waals surface area contributed by atoms with Crippen LogP contribution in [0.15, 0.2) is 0 Å². The Morgan fingerprint density at radius 2 is 2.00 bits per heavy atom. The maximum absolute atomic E-state index is 11.9. The molecule has 1 fully saturated rings. The number of amides is 1. The smallest absolute Gasteiger partial charge is 0.241 e. The van der Waals surface area contributed by atoms with E-state index < -0.39 is 6.04 Å². The molecule has 1 heterocycles. The zero-order valence-corrected chi connectivity index (χ0v) is 9.90. The van der Waals surface area contributed by atoms with Crippen molar-refractivity contribution in [1.29, 1.82) is 0 Å². The van der Waals surface area contributed by atoms with Gasteiger partial charge in [0.05, 0.1) is 6.61 Å². The molecule has 1 aliphatic rings. The van der Waals surface area contributed by atoms with Gasteiger partial charge in [-0.3, -0.25) is 4.79 Å². The molecular weight excluding hydrogens is 192 g/mol. The molecule has 88 valence electrons. The van der Waals surface area contributed by atoms with E-state index in [2.05, 4.69) is 13.8 Å². The molecule has 0 aromatic rings. The third-order valence-corrected chi connectivity index (χ3v) is 2.84. The molecule has 1 saturated heterocycles. The normalized spacial score (nSPS) is 28.9. The molecule has 4 heteroatoms. The molecule has 0 aliphatic carbocycles. The van der Waals surface area contributed by atoms with E-state index in [1.165, 1.54) is 6.42 Å². The van der Waals surface area contributed by atoms with E-state index >= 15 is 0 Å². The lowest BCUT2D eigenvalue weighted by Gasteiger charge is -2.36. The number of methoxy groups -OCH3 is 1. The first-order chi connectivity index (χ1) is 7.04. The summed E-state index contributed by atoms with van der Waals surface area (Å²) in [4.78, 5) is 13.8. The molecule has 0 radical (unpaired) electrons. The Bertz CT molecular complexity index is 211. The molecule has 0 bridgehead atoms. The Morgan fingerprint density at radius 3 is 2.47 bits per heavy atom. The summed E-state index contributed by atoms with van der Waals surface area (Å²) < 4.78 is 4.90. The van der Waals surface area contributed by atoms with E-state index in [0.717, 1.165) is 13.1 Å². The topological polar surface area (TPSA) is 55.6 Å². The highest BCUT2D eigenvalue weighted by Crippen LogP contribution is 2.21. The van der Waals surface area contributed by atoms with Gasteiger partial charge < -0.3 is 15.4 Å². The van der Waals surface area contributed by atoms with Crippen LogP contribution in [-0.2, 0) is 9.53 Å². The molecule has 15 heavy (non-hydrogen) atoms. The Labute approximate surface area is 91.8 Å². The number of piperidine rings is 1. The van der Waals surface area contributed by atoms with Crippen molar-refractivity contribution < 1.29 is 9.53 Å². The van der Waals surface area contributed by atoms with Crippen LogP contribution < -0.4 is 5.73 Å². The summed E-state index contributed by atoms with van der Waals surface area (Å²) in [6.45, 7) is 6.33. The van der Waals surface area contributed by atoms with Crippen molar-refractivity contribution in [1.82, 2.24) is 4.90 Å². The van der Waals surface area contributed by atoms with E-state index in [1.54, 1.807) is 7.11 Å². The molecule has 1 amide bonds. The average Bonchev–Trinajstić information content (AvgIpc) is 2.15. The molecule has 2 N–H and O–H groups in total. The molecule has 0 aromatic heterocycles. The molecule has 3 atom stereocenters. The van der Waals surface area contributed by atoms with Crippen LogP contribution in [0.2, 0.25) is 0 Å². The SMILES string of the molecule is COCC(N)C(=O)N1CC(C)CC(C)C1. The summed E-state index contributed by atoms with van der Waals surface area (Å²) in [7, 11) is 1.56. The highest BCUT2D eigenvalue weighted by atomic mass is 16.5. The van der Waals surface area contributed by atoms with Crippen molar-refractivity contribution in [3.8, 4) is 0 Å². The maximum Gasteiger partial charge on any atom is 0.241 e. The van der Waals surface area contributed by atoms with Crippen LogP contribution >= 0.6 is 0 Å². The fourth-order valence-electron chi connectivity index (χ4n) is 2.33. The maximum atomic E-state index is 11.9. The van der Waals surface area contributed by atoms with Gasteiger partial charge in [0.2, 0.25) is 5.91 Å². The minimum atomic E-state index is -0.507. The van der Waals surface area contributed by atoms with Crippen LogP contribution in [0.3, 0.4) is 0 Å². The zero-order chi connectivity index (χ0) is 11.4. The predicted octanol–water partition coefficient (Wildman–Crippen LogP) is 0.465. The zero-order valence-electron chi connectivity index (χ0n) is 9.90. The van der Waals surface area contributed by atoms with Crippen molar-refractivity contribution in [3.05, 3.63) is 0 Å². The van der Waals surface area contributed by atoms with Gasteiger partial charge in [-0.25, -0.2) is 0 Å². The third kappa shape index (κ3) is 3.47. The predicted molar refractivity (Wildman–Crippen MR) is 59.4 cm³/mol. The van der Waals surface area contributed by atoms with Gasteiger partial charge in [0, 0.05) is 20.2 Å². The van der Waals surface area contributed by atoms with E-state index in [-0.39, 0.29) is 5.91 Å². The van der Waals surface area contributed by atoms with Gasteiger partial charge in [-0.2, -0.15) is 0 Å². The van der Waals surface area contributed by atoms with E-state index in [0.29, 0.717) is 18.4 Å². The van der Waals surface area contributed by atoms with E-state index in [1.807, 2.05) is 4.90 Å². The Hall–Kier alpha value is -0.610. The number of rotatable bonds is 3. The first-order valence-electron chi connectivity index (χ1n) is 5.58. The fourth-order valence-corrected chi connectivity index (χ4v) is 2.33. The summed E-state index contributed by atoms with van der Waals surface area (Å²) in [5.74, 6) is 1.18. The van der Waals surface area contributed by atoms with Crippen LogP contribution in [0.1, 0.15) is 20.3 Å². The van der Waals surface area contributed by atoms with Gasteiger partial charge in [-0.15, -0.1) is 0 Å². The fraction of sp³-hybridized carbons (Fsp3) is 0.909. The van der Waals surface area contributed by atoms with Crippen LogP contribution in [0, 0.1) is 11.8 Å². The second kappa shape index (κ2) is 5.47. The van der Waals surface area contributed by atoms with Crippen LogP contribution in [0.25, 0.3) is 0 Å². The van der Waals surface area contributed by atoms with Crippen molar-refractivity contribution in [3.63, 3.8) is 0 Å². The standard InChI is InChI=1S/C11H22N2O2/c1-8-4-9(2)6-13(5-8)11(14)10(12)7-15-3/h8-10H,4-7,12H2,1-3H3. The van der Waals surface area contributed by atoms with Crippen molar-refractivity contribution in [2.24, 2.45) is 17.6 Å². The van der Waals surface area contributed by atoms with E-state index in [4.69, 9.17) is 10.5 Å². The van der Waals surface area contributed by atoms with Gasteiger partial charge in [0.1, 0.15) is 6.04 Å². The molecule has 4 nitrogen and oxygen atoms in total. The van der Waals surface area contributed by atoms with Gasteiger partial charge >= 0.3 is 0 Å². The number of nitrogens with zero attached hydrogens (tertiary/aromatic N) is 1. The number of likely N-dealkylation sites (tertiary alicyclic amines) is 1. The largest absolute Gasteiger partial charge is 0.383 e. The van der Waals surface area contributed by atoms with Crippen molar-refractivity contribution in [2.75, 3.05) is 26.8 Å². The number of nitrogens with two attached hydrogens (primary N) is 1. The highest BCUT2D eigenvalue weighted by Gasteiger charge is 2.28. The lowest BCUT2D eigenvalue weighted by Crippen LogP contribution is -2.51. The second-order valence-corrected chi connectivity index (χ2v) is 4.75. The van der Waals surface area contributed by atoms with Gasteiger partial charge in [-0.05, 0) is 18.3 Å². The highest BCUT2D eigenvalue weighted by molar-refractivity contribution is 5.81. The summed E-state index contributed by atoms with van der Waals surface area (Å²) in [6, 6.07) is -0.507. The average molecular weight is 214 g/mol. The molecule has 0 saturated carbocycles.